The van der Waals surface area contributed by atoms with Crippen molar-refractivity contribution in [3.63, 3.8) is 0 Å². The zero-order valence-electron chi connectivity index (χ0n) is 17.9. The summed E-state index contributed by atoms with van der Waals surface area (Å²) in [4.78, 5) is 9.31. The van der Waals surface area contributed by atoms with Gasteiger partial charge in [0.25, 0.3) is 0 Å². The summed E-state index contributed by atoms with van der Waals surface area (Å²) < 4.78 is 0. The number of anilines is 1. The first kappa shape index (κ1) is 19.9. The molecule has 1 fully saturated rings. The average molecular weight is 407 g/mol. The van der Waals surface area contributed by atoms with Gasteiger partial charge in [0, 0.05) is 31.0 Å². The number of hydrogen-bond acceptors (Lipinski definition) is 3. The van der Waals surface area contributed by atoms with E-state index in [0.29, 0.717) is 0 Å². The molecule has 1 saturated heterocycles. The first-order valence-electron chi connectivity index (χ1n) is 10.4. The fraction of sp³-hybridized carbons (Fsp3) is 0.417. The number of nitrogens with zero attached hydrogens (tertiary/aromatic N) is 3. The van der Waals surface area contributed by atoms with Crippen LogP contribution in [0.25, 0.3) is 5.57 Å². The van der Waals surface area contributed by atoms with Gasteiger partial charge in [-0.15, -0.1) is 0 Å². The third kappa shape index (κ3) is 3.42. The Hall–Kier alpha value is -2.40. The molecule has 0 bridgehead atoms. The largest absolute Gasteiger partial charge is 0.366 e. The lowest BCUT2D eigenvalue weighted by Gasteiger charge is -2.41. The van der Waals surface area contributed by atoms with E-state index in [2.05, 4.69) is 85.2 Å². The molecule has 1 aromatic carbocycles. The van der Waals surface area contributed by atoms with Crippen LogP contribution in [0.2, 0.25) is 0 Å². The van der Waals surface area contributed by atoms with Crippen molar-refractivity contribution in [3.05, 3.63) is 65.5 Å². The first-order chi connectivity index (χ1) is 13.8. The van der Waals surface area contributed by atoms with Gasteiger partial charge in [0.2, 0.25) is 0 Å². The van der Waals surface area contributed by atoms with Crippen molar-refractivity contribution >= 4 is 28.6 Å². The molecule has 0 amide bonds. The molecule has 0 aliphatic carbocycles. The van der Waals surface area contributed by atoms with E-state index in [4.69, 9.17) is 12.2 Å². The number of fused-ring (bicyclic) bond motifs is 1. The smallest absolute Gasteiger partial charge is 0.170 e. The molecular weight excluding hydrogens is 376 g/mol. The van der Waals surface area contributed by atoms with Crippen LogP contribution in [0.1, 0.15) is 63.0 Å². The van der Waals surface area contributed by atoms with Crippen molar-refractivity contribution in [1.82, 2.24) is 15.2 Å². The van der Waals surface area contributed by atoms with Gasteiger partial charge in [-0.2, -0.15) is 0 Å². The fourth-order valence-electron chi connectivity index (χ4n) is 4.61. The molecule has 0 saturated carbocycles. The second-order valence-electron chi connectivity index (χ2n) is 8.64. The summed E-state index contributed by atoms with van der Waals surface area (Å²) in [6.45, 7) is 9.86. The minimum Gasteiger partial charge on any atom is -0.366 e. The second-order valence-corrected chi connectivity index (χ2v) is 9.02. The Morgan fingerprint density at radius 3 is 2.69 bits per heavy atom. The van der Waals surface area contributed by atoms with Crippen molar-refractivity contribution in [2.24, 2.45) is 0 Å². The van der Waals surface area contributed by atoms with Crippen LogP contribution in [0.5, 0.6) is 0 Å². The van der Waals surface area contributed by atoms with E-state index >= 15 is 0 Å². The van der Waals surface area contributed by atoms with E-state index in [9.17, 15) is 0 Å². The molecule has 1 aromatic heterocycles. The van der Waals surface area contributed by atoms with E-state index in [1.165, 1.54) is 22.4 Å². The number of benzene rings is 1. The Balaban J connectivity index is 1.80. The van der Waals surface area contributed by atoms with Gasteiger partial charge in [0.1, 0.15) is 0 Å². The van der Waals surface area contributed by atoms with Crippen molar-refractivity contribution in [2.45, 2.75) is 51.7 Å². The Bertz CT molecular complexity index is 951. The highest BCUT2D eigenvalue weighted by Crippen LogP contribution is 2.43. The number of pyridine rings is 1. The number of thiocarbonyl (C=S) groups is 1. The van der Waals surface area contributed by atoms with Crippen LogP contribution in [0, 0.1) is 0 Å². The van der Waals surface area contributed by atoms with Crippen LogP contribution in [0.4, 0.5) is 5.69 Å². The minimum absolute atomic E-state index is 0.0137. The number of nitrogens with one attached hydrogen (secondary N) is 1. The highest BCUT2D eigenvalue weighted by Gasteiger charge is 2.40. The van der Waals surface area contributed by atoms with Gasteiger partial charge >= 0.3 is 0 Å². The Kier molecular flexibility index (Phi) is 5.11. The van der Waals surface area contributed by atoms with Gasteiger partial charge in [0.15, 0.2) is 5.11 Å². The summed E-state index contributed by atoms with van der Waals surface area (Å²) in [6, 6.07) is 13.2. The normalized spacial score (nSPS) is 22.9. The summed E-state index contributed by atoms with van der Waals surface area (Å²) in [7, 11) is 2.17. The third-order valence-electron chi connectivity index (χ3n) is 6.24. The van der Waals surface area contributed by atoms with E-state index in [-0.39, 0.29) is 17.6 Å². The van der Waals surface area contributed by atoms with Crippen LogP contribution >= 0.6 is 12.2 Å². The van der Waals surface area contributed by atoms with Gasteiger partial charge < -0.3 is 15.1 Å². The van der Waals surface area contributed by atoms with Crippen molar-refractivity contribution in [2.75, 3.05) is 18.5 Å². The zero-order chi connectivity index (χ0) is 20.8. The SMILES string of the molecule is CCCN1C(=S)N[C@H](c2ccccn2)[C@H]1c1ccc2c(c1)C(C)=CC(C)(C)N2C. The summed E-state index contributed by atoms with van der Waals surface area (Å²) >= 11 is 5.72. The number of aromatic nitrogens is 1. The number of likely N-dealkylation sites (N-methyl/N-ethyl adjacent to an activating group) is 1. The van der Waals surface area contributed by atoms with Crippen LogP contribution in [-0.2, 0) is 0 Å². The Labute approximate surface area is 179 Å². The molecule has 152 valence electrons. The number of rotatable bonds is 4. The topological polar surface area (TPSA) is 31.4 Å². The molecule has 2 aliphatic heterocycles. The average Bonchev–Trinajstić information content (AvgIpc) is 3.03. The highest BCUT2D eigenvalue weighted by molar-refractivity contribution is 7.80. The van der Waals surface area contributed by atoms with E-state index in [0.717, 1.165) is 23.8 Å². The lowest BCUT2D eigenvalue weighted by Crippen LogP contribution is -2.42. The van der Waals surface area contributed by atoms with Gasteiger partial charge in [-0.05, 0) is 74.8 Å². The molecule has 3 heterocycles. The van der Waals surface area contributed by atoms with Crippen molar-refractivity contribution in [1.29, 1.82) is 0 Å². The molecule has 0 radical (unpaired) electrons. The maximum Gasteiger partial charge on any atom is 0.170 e. The molecule has 1 N–H and O–H groups in total. The molecule has 2 atom stereocenters. The van der Waals surface area contributed by atoms with Crippen LogP contribution < -0.4 is 10.2 Å². The van der Waals surface area contributed by atoms with Crippen molar-refractivity contribution in [3.8, 4) is 0 Å². The number of hydrogen-bond donors (Lipinski definition) is 1. The first-order valence-corrected chi connectivity index (χ1v) is 10.8. The second kappa shape index (κ2) is 7.45. The molecule has 0 unspecified atom stereocenters. The maximum absolute atomic E-state index is 5.72. The van der Waals surface area contributed by atoms with Crippen LogP contribution in [0.3, 0.4) is 0 Å². The lowest BCUT2D eigenvalue weighted by atomic mass is 9.86. The monoisotopic (exact) mass is 406 g/mol. The van der Waals surface area contributed by atoms with Crippen LogP contribution in [-0.4, -0.2) is 34.1 Å². The zero-order valence-corrected chi connectivity index (χ0v) is 18.8. The summed E-state index contributed by atoms with van der Waals surface area (Å²) in [5, 5.41) is 4.35. The molecule has 4 nitrogen and oxygen atoms in total. The third-order valence-corrected chi connectivity index (χ3v) is 6.60. The molecule has 5 heteroatoms. The molecular formula is C24H30N4S. The summed E-state index contributed by atoms with van der Waals surface area (Å²) in [5.41, 5.74) is 6.24. The Morgan fingerprint density at radius 2 is 2.00 bits per heavy atom. The van der Waals surface area contributed by atoms with E-state index in [1.807, 2.05) is 18.3 Å². The van der Waals surface area contributed by atoms with Gasteiger partial charge in [0.05, 0.1) is 23.3 Å². The molecule has 29 heavy (non-hydrogen) atoms. The van der Waals surface area contributed by atoms with E-state index < -0.39 is 0 Å². The predicted octanol–water partition coefficient (Wildman–Crippen LogP) is 5.10. The van der Waals surface area contributed by atoms with Gasteiger partial charge in [-0.3, -0.25) is 4.98 Å². The van der Waals surface area contributed by atoms with Crippen LogP contribution in [0.15, 0.2) is 48.7 Å². The molecule has 0 spiro atoms. The maximum atomic E-state index is 5.72. The molecule has 4 rings (SSSR count). The number of allylic oxidation sites excluding steroid dienone is 1. The lowest BCUT2D eigenvalue weighted by molar-refractivity contribution is 0.317. The standard InChI is InChI=1S/C24H30N4S/c1-6-13-28-22(21(26-23(28)29)19-9-7-8-12-25-19)17-10-11-20-18(14-17)16(2)15-24(3,4)27(20)5/h7-12,14-15,21-22H,6,13H2,1-5H3,(H,26,29)/t21-,22-/m1/s1. The summed E-state index contributed by atoms with van der Waals surface area (Å²) in [6.07, 6.45) is 5.27. The summed E-state index contributed by atoms with van der Waals surface area (Å²) in [5.74, 6) is 0. The quantitative estimate of drug-likeness (QED) is 0.715. The van der Waals surface area contributed by atoms with Gasteiger partial charge in [-0.25, -0.2) is 0 Å². The predicted molar refractivity (Wildman–Crippen MR) is 125 cm³/mol. The fourth-order valence-corrected chi connectivity index (χ4v) is 4.94. The van der Waals surface area contributed by atoms with E-state index in [1.54, 1.807) is 0 Å². The van der Waals surface area contributed by atoms with Gasteiger partial charge in [-0.1, -0.05) is 25.1 Å². The Morgan fingerprint density at radius 1 is 1.21 bits per heavy atom. The van der Waals surface area contributed by atoms with Crippen molar-refractivity contribution < 1.29 is 0 Å². The molecule has 2 aliphatic rings. The minimum atomic E-state index is 0.0137. The molecule has 2 aromatic rings. The highest BCUT2D eigenvalue weighted by atomic mass is 32.1.